The second kappa shape index (κ2) is 12.5. The zero-order chi connectivity index (χ0) is 15.2. The summed E-state index contributed by atoms with van der Waals surface area (Å²) in [4.78, 5) is 22.9. The van der Waals surface area contributed by atoms with E-state index in [0.717, 1.165) is 12.8 Å². The van der Waals surface area contributed by atoms with Crippen LogP contribution in [0.4, 0.5) is 0 Å². The molecule has 110 valence electrons. The van der Waals surface area contributed by atoms with Gasteiger partial charge in [-0.3, -0.25) is 14.7 Å². The Kier molecular flexibility index (Phi) is 11.5. The summed E-state index contributed by atoms with van der Waals surface area (Å²) in [6, 6.07) is -0.287. The zero-order valence-corrected chi connectivity index (χ0v) is 12.7. The van der Waals surface area contributed by atoms with Crippen LogP contribution in [0.3, 0.4) is 0 Å². The summed E-state index contributed by atoms with van der Waals surface area (Å²) >= 11 is 0. The summed E-state index contributed by atoms with van der Waals surface area (Å²) in [6.45, 7) is 0.825. The first kappa shape index (κ1) is 18.4. The topological polar surface area (TPSA) is 70.2 Å². The first-order valence-electron chi connectivity index (χ1n) is 6.53. The van der Waals surface area contributed by atoms with Crippen LogP contribution in [0.15, 0.2) is 0 Å². The third kappa shape index (κ3) is 9.39. The summed E-state index contributed by atoms with van der Waals surface area (Å²) in [5.74, 6) is 4.63. The SMILES string of the molecule is C#CCCC(=O)NCCCC[C@H](NP)C(=O)NCC#C. The van der Waals surface area contributed by atoms with E-state index in [1.54, 1.807) is 0 Å². The van der Waals surface area contributed by atoms with E-state index < -0.39 is 0 Å². The molecule has 0 saturated carbocycles. The van der Waals surface area contributed by atoms with E-state index in [4.69, 9.17) is 12.8 Å². The van der Waals surface area contributed by atoms with Crippen molar-refractivity contribution in [3.63, 3.8) is 0 Å². The smallest absolute Gasteiger partial charge is 0.238 e. The molecule has 0 heterocycles. The van der Waals surface area contributed by atoms with Gasteiger partial charge >= 0.3 is 0 Å². The normalized spacial score (nSPS) is 10.9. The number of nitrogens with one attached hydrogen (secondary N) is 3. The molecule has 2 atom stereocenters. The quantitative estimate of drug-likeness (QED) is 0.306. The molecule has 2 amide bonds. The molecule has 0 fully saturated rings. The molecule has 0 bridgehead atoms. The van der Waals surface area contributed by atoms with Gasteiger partial charge in [0.15, 0.2) is 0 Å². The maximum absolute atomic E-state index is 11.7. The molecule has 6 heteroatoms. The Bertz CT molecular complexity index is 385. The van der Waals surface area contributed by atoms with Crippen molar-refractivity contribution in [3.05, 3.63) is 0 Å². The van der Waals surface area contributed by atoms with E-state index >= 15 is 0 Å². The molecule has 0 aromatic rings. The van der Waals surface area contributed by atoms with Crippen LogP contribution in [-0.4, -0.2) is 30.9 Å². The number of hydrogen-bond acceptors (Lipinski definition) is 3. The Hall–Kier alpha value is -1.55. The molecule has 20 heavy (non-hydrogen) atoms. The van der Waals surface area contributed by atoms with Crippen LogP contribution >= 0.6 is 9.39 Å². The minimum absolute atomic E-state index is 0.0320. The lowest BCUT2D eigenvalue weighted by Gasteiger charge is -2.14. The van der Waals surface area contributed by atoms with Gasteiger partial charge in [-0.15, -0.1) is 18.8 Å². The van der Waals surface area contributed by atoms with Crippen LogP contribution in [-0.2, 0) is 9.59 Å². The van der Waals surface area contributed by atoms with Crippen molar-refractivity contribution in [1.82, 2.24) is 15.7 Å². The number of hydrogen-bond donors (Lipinski definition) is 3. The van der Waals surface area contributed by atoms with E-state index in [1.165, 1.54) is 0 Å². The number of rotatable bonds is 10. The Labute approximate surface area is 123 Å². The Morgan fingerprint density at radius 3 is 2.50 bits per heavy atom. The van der Waals surface area contributed by atoms with Gasteiger partial charge in [-0.05, 0) is 19.3 Å². The predicted octanol–water partition coefficient (Wildman–Crippen LogP) is 0.184. The second-order valence-electron chi connectivity index (χ2n) is 4.19. The van der Waals surface area contributed by atoms with Gasteiger partial charge in [0.25, 0.3) is 0 Å². The maximum atomic E-state index is 11.7. The van der Waals surface area contributed by atoms with Gasteiger partial charge < -0.3 is 10.6 Å². The molecular weight excluding hydrogens is 273 g/mol. The van der Waals surface area contributed by atoms with Crippen LogP contribution in [0, 0.1) is 24.7 Å². The van der Waals surface area contributed by atoms with Gasteiger partial charge in [0.1, 0.15) is 0 Å². The van der Waals surface area contributed by atoms with Crippen molar-refractivity contribution in [2.45, 2.75) is 38.1 Å². The molecule has 0 aromatic carbocycles. The van der Waals surface area contributed by atoms with Crippen LogP contribution < -0.4 is 15.7 Å². The van der Waals surface area contributed by atoms with Crippen LogP contribution in [0.1, 0.15) is 32.1 Å². The third-order valence-electron chi connectivity index (χ3n) is 2.62. The number of terminal acetylenes is 2. The highest BCUT2D eigenvalue weighted by molar-refractivity contribution is 7.13. The van der Waals surface area contributed by atoms with E-state index in [9.17, 15) is 9.59 Å². The molecule has 0 aliphatic carbocycles. The van der Waals surface area contributed by atoms with Crippen molar-refractivity contribution in [2.75, 3.05) is 13.1 Å². The molecule has 0 aliphatic rings. The van der Waals surface area contributed by atoms with Crippen molar-refractivity contribution in [2.24, 2.45) is 0 Å². The second-order valence-corrected chi connectivity index (χ2v) is 4.52. The van der Waals surface area contributed by atoms with Crippen LogP contribution in [0.25, 0.3) is 0 Å². The van der Waals surface area contributed by atoms with E-state index in [-0.39, 0.29) is 24.4 Å². The monoisotopic (exact) mass is 295 g/mol. The first-order valence-corrected chi connectivity index (χ1v) is 7.10. The molecule has 5 nitrogen and oxygen atoms in total. The molecule has 0 rings (SSSR count). The fraction of sp³-hybridized carbons (Fsp3) is 0.571. The van der Waals surface area contributed by atoms with E-state index in [1.807, 2.05) is 0 Å². The largest absolute Gasteiger partial charge is 0.356 e. The number of carbonyl (C=O) groups excluding carboxylic acids is 2. The number of unbranched alkanes of at least 4 members (excludes halogenated alkanes) is 1. The average Bonchev–Trinajstić information content (AvgIpc) is 2.46. The summed E-state index contributed by atoms with van der Waals surface area (Å²) in [5.41, 5.74) is 0. The van der Waals surface area contributed by atoms with E-state index in [2.05, 4.69) is 37.0 Å². The predicted molar refractivity (Wildman–Crippen MR) is 83.4 cm³/mol. The average molecular weight is 295 g/mol. The van der Waals surface area contributed by atoms with Crippen molar-refractivity contribution >= 4 is 21.2 Å². The standard InChI is InChI=1S/C14H22N3O2P/c1-3-5-9-13(18)15-11-7-6-8-12(17-20)14(19)16-10-4-2/h1-2,12,17H,5-11,20H2,(H,15,18)(H,16,19)/t12-/m0/s1. The summed E-state index contributed by atoms with van der Waals surface area (Å²) in [6.07, 6.45) is 13.3. The van der Waals surface area contributed by atoms with E-state index in [0.29, 0.717) is 25.8 Å². The maximum Gasteiger partial charge on any atom is 0.238 e. The summed E-state index contributed by atoms with van der Waals surface area (Å²) in [5, 5.41) is 8.28. The minimum atomic E-state index is -0.287. The summed E-state index contributed by atoms with van der Waals surface area (Å²) < 4.78 is 0. The molecule has 0 aliphatic heterocycles. The minimum Gasteiger partial charge on any atom is -0.356 e. The number of amides is 2. The van der Waals surface area contributed by atoms with Crippen molar-refractivity contribution in [1.29, 1.82) is 0 Å². The molecule has 0 spiro atoms. The highest BCUT2D eigenvalue weighted by atomic mass is 31.0. The van der Waals surface area contributed by atoms with Gasteiger partial charge in [0, 0.05) is 19.4 Å². The van der Waals surface area contributed by atoms with Crippen LogP contribution in [0.2, 0.25) is 0 Å². The number of carbonyl (C=O) groups is 2. The Morgan fingerprint density at radius 2 is 1.90 bits per heavy atom. The molecule has 1 unspecified atom stereocenters. The lowest BCUT2D eigenvalue weighted by atomic mass is 10.1. The Morgan fingerprint density at radius 1 is 1.15 bits per heavy atom. The third-order valence-corrected chi connectivity index (χ3v) is 3.02. The Balaban J connectivity index is 3.71. The molecular formula is C14H22N3O2P. The van der Waals surface area contributed by atoms with Gasteiger partial charge in [-0.1, -0.05) is 15.3 Å². The molecule has 0 aromatic heterocycles. The van der Waals surface area contributed by atoms with Crippen LogP contribution in [0.5, 0.6) is 0 Å². The van der Waals surface area contributed by atoms with Gasteiger partial charge in [-0.25, -0.2) is 0 Å². The van der Waals surface area contributed by atoms with Crippen molar-refractivity contribution < 1.29 is 9.59 Å². The summed E-state index contributed by atoms with van der Waals surface area (Å²) in [7, 11) is 2.33. The zero-order valence-electron chi connectivity index (χ0n) is 11.6. The highest BCUT2D eigenvalue weighted by Gasteiger charge is 2.14. The molecule has 0 saturated heterocycles. The first-order chi connectivity index (χ1) is 9.65. The fourth-order valence-electron chi connectivity index (χ4n) is 1.53. The molecule has 0 radical (unpaired) electrons. The lowest BCUT2D eigenvalue weighted by molar-refractivity contribution is -0.123. The molecule has 3 N–H and O–H groups in total. The van der Waals surface area contributed by atoms with Crippen molar-refractivity contribution in [3.8, 4) is 24.7 Å². The van der Waals surface area contributed by atoms with Gasteiger partial charge in [0.05, 0.1) is 12.6 Å². The highest BCUT2D eigenvalue weighted by Crippen LogP contribution is 2.02. The van der Waals surface area contributed by atoms with Gasteiger partial charge in [0.2, 0.25) is 11.8 Å². The lowest BCUT2D eigenvalue weighted by Crippen LogP contribution is -2.40. The fourth-order valence-corrected chi connectivity index (χ4v) is 1.84. The van der Waals surface area contributed by atoms with Gasteiger partial charge in [-0.2, -0.15) is 0 Å².